The van der Waals surface area contributed by atoms with E-state index in [1.54, 1.807) is 18.2 Å². The van der Waals surface area contributed by atoms with Gasteiger partial charge in [-0.3, -0.25) is 4.79 Å². The smallest absolute Gasteiger partial charge is 0.238 e. The van der Waals surface area contributed by atoms with Gasteiger partial charge in [0.2, 0.25) is 5.91 Å². The monoisotopic (exact) mass is 304 g/mol. The van der Waals surface area contributed by atoms with Crippen molar-refractivity contribution in [3.8, 4) is 0 Å². The summed E-state index contributed by atoms with van der Waals surface area (Å²) in [5.41, 5.74) is 0.729. The Labute approximate surface area is 109 Å². The number of benzene rings is 1. The van der Waals surface area contributed by atoms with E-state index < -0.39 is 0 Å². The van der Waals surface area contributed by atoms with Crippen LogP contribution in [0.4, 0.5) is 5.69 Å². The Morgan fingerprint density at radius 3 is 2.88 bits per heavy atom. The molecule has 0 heterocycles. The summed E-state index contributed by atoms with van der Waals surface area (Å²) in [5.74, 6) is -0.0588. The zero-order valence-electron chi connectivity index (χ0n) is 9.02. The molecule has 0 unspecified atom stereocenters. The summed E-state index contributed by atoms with van der Waals surface area (Å²) in [7, 11) is 0. The molecule has 0 spiro atoms. The molecule has 1 amide bonds. The van der Waals surface area contributed by atoms with Gasteiger partial charge in [-0.25, -0.2) is 0 Å². The van der Waals surface area contributed by atoms with Crippen LogP contribution in [0, 0.1) is 0 Å². The summed E-state index contributed by atoms with van der Waals surface area (Å²) < 4.78 is 0.781. The third-order valence-corrected chi connectivity index (χ3v) is 2.81. The number of hydrogen-bond donors (Lipinski definition) is 2. The van der Waals surface area contributed by atoms with Crippen LogP contribution in [0.5, 0.6) is 0 Å². The van der Waals surface area contributed by atoms with Gasteiger partial charge in [-0.1, -0.05) is 18.5 Å². The standard InChI is InChI=1S/C11H14BrClN2O/c1-2-5-14-7-11(16)15-10-4-3-8(13)6-9(10)12/h3-4,6,14H,2,5,7H2,1H3,(H,15,16). The van der Waals surface area contributed by atoms with E-state index in [1.165, 1.54) is 0 Å². The lowest BCUT2D eigenvalue weighted by atomic mass is 10.3. The van der Waals surface area contributed by atoms with E-state index in [4.69, 9.17) is 11.6 Å². The Kier molecular flexibility index (Phi) is 5.80. The molecule has 2 N–H and O–H groups in total. The fraction of sp³-hybridized carbons (Fsp3) is 0.364. The van der Waals surface area contributed by atoms with Crippen LogP contribution in [0.2, 0.25) is 5.02 Å². The maximum atomic E-state index is 11.5. The third kappa shape index (κ3) is 4.51. The quantitative estimate of drug-likeness (QED) is 0.821. The first-order valence-electron chi connectivity index (χ1n) is 5.09. The Morgan fingerprint density at radius 1 is 1.50 bits per heavy atom. The number of carbonyl (C=O) groups excluding carboxylic acids is 1. The van der Waals surface area contributed by atoms with Crippen LogP contribution in [0.15, 0.2) is 22.7 Å². The number of nitrogens with one attached hydrogen (secondary N) is 2. The minimum atomic E-state index is -0.0588. The topological polar surface area (TPSA) is 41.1 Å². The van der Waals surface area contributed by atoms with Crippen LogP contribution in [-0.2, 0) is 4.79 Å². The van der Waals surface area contributed by atoms with E-state index in [9.17, 15) is 4.79 Å². The first-order valence-corrected chi connectivity index (χ1v) is 6.26. The van der Waals surface area contributed by atoms with Crippen molar-refractivity contribution >= 4 is 39.1 Å². The predicted molar refractivity (Wildman–Crippen MR) is 70.9 cm³/mol. The second-order valence-corrected chi connectivity index (χ2v) is 4.64. The van der Waals surface area contributed by atoms with Crippen LogP contribution < -0.4 is 10.6 Å². The molecule has 0 bridgehead atoms. The fourth-order valence-corrected chi connectivity index (χ4v) is 1.95. The number of anilines is 1. The van der Waals surface area contributed by atoms with E-state index in [2.05, 4.69) is 33.5 Å². The van der Waals surface area contributed by atoms with Crippen molar-refractivity contribution < 1.29 is 4.79 Å². The van der Waals surface area contributed by atoms with E-state index >= 15 is 0 Å². The second kappa shape index (κ2) is 6.89. The van der Waals surface area contributed by atoms with E-state index in [-0.39, 0.29) is 5.91 Å². The van der Waals surface area contributed by atoms with Gasteiger partial charge in [0.15, 0.2) is 0 Å². The predicted octanol–water partition coefficient (Wildman–Crippen LogP) is 3.04. The molecule has 0 atom stereocenters. The van der Waals surface area contributed by atoms with Gasteiger partial charge in [-0.05, 0) is 47.1 Å². The van der Waals surface area contributed by atoms with E-state index in [0.29, 0.717) is 11.6 Å². The highest BCUT2D eigenvalue weighted by atomic mass is 79.9. The van der Waals surface area contributed by atoms with Crippen LogP contribution in [0.25, 0.3) is 0 Å². The first kappa shape index (κ1) is 13.5. The Morgan fingerprint density at radius 2 is 2.25 bits per heavy atom. The second-order valence-electron chi connectivity index (χ2n) is 3.35. The largest absolute Gasteiger partial charge is 0.324 e. The Bertz CT molecular complexity index is 371. The first-order chi connectivity index (χ1) is 7.63. The van der Waals surface area contributed by atoms with Gasteiger partial charge in [0.1, 0.15) is 0 Å². The van der Waals surface area contributed by atoms with E-state index in [0.717, 1.165) is 23.1 Å². The molecule has 0 aliphatic carbocycles. The van der Waals surface area contributed by atoms with Gasteiger partial charge in [0, 0.05) is 9.50 Å². The third-order valence-electron chi connectivity index (χ3n) is 1.92. The molecule has 16 heavy (non-hydrogen) atoms. The molecule has 0 aliphatic heterocycles. The molecule has 1 aromatic rings. The molecule has 0 radical (unpaired) electrons. The molecular formula is C11H14BrClN2O. The van der Waals surface area contributed by atoms with Crippen LogP contribution in [0.1, 0.15) is 13.3 Å². The van der Waals surface area contributed by atoms with Crippen molar-refractivity contribution in [3.05, 3.63) is 27.7 Å². The Balaban J connectivity index is 2.49. The minimum absolute atomic E-state index is 0.0588. The molecule has 0 aromatic heterocycles. The van der Waals surface area contributed by atoms with Gasteiger partial charge in [0.05, 0.1) is 12.2 Å². The maximum Gasteiger partial charge on any atom is 0.238 e. The van der Waals surface area contributed by atoms with Crippen LogP contribution >= 0.6 is 27.5 Å². The Hall–Kier alpha value is -0.580. The molecule has 88 valence electrons. The summed E-state index contributed by atoms with van der Waals surface area (Å²) >= 11 is 9.14. The molecule has 0 aliphatic rings. The molecule has 1 aromatic carbocycles. The number of halogens is 2. The van der Waals surface area contributed by atoms with Gasteiger partial charge in [0.25, 0.3) is 0 Å². The molecule has 3 nitrogen and oxygen atoms in total. The number of amides is 1. The maximum absolute atomic E-state index is 11.5. The van der Waals surface area contributed by atoms with Crippen molar-refractivity contribution in [3.63, 3.8) is 0 Å². The molecule has 0 saturated heterocycles. The van der Waals surface area contributed by atoms with Crippen molar-refractivity contribution in [2.24, 2.45) is 0 Å². The van der Waals surface area contributed by atoms with Gasteiger partial charge < -0.3 is 10.6 Å². The van der Waals surface area contributed by atoms with Crippen molar-refractivity contribution in [2.75, 3.05) is 18.4 Å². The number of carbonyl (C=O) groups is 1. The highest BCUT2D eigenvalue weighted by Crippen LogP contribution is 2.25. The lowest BCUT2D eigenvalue weighted by Gasteiger charge is -2.08. The number of rotatable bonds is 5. The summed E-state index contributed by atoms with van der Waals surface area (Å²) in [6.07, 6.45) is 1.01. The lowest BCUT2D eigenvalue weighted by Crippen LogP contribution is -2.28. The summed E-state index contributed by atoms with van der Waals surface area (Å²) in [4.78, 5) is 11.5. The summed E-state index contributed by atoms with van der Waals surface area (Å²) in [6, 6.07) is 5.25. The van der Waals surface area contributed by atoms with Crippen molar-refractivity contribution in [2.45, 2.75) is 13.3 Å². The lowest BCUT2D eigenvalue weighted by molar-refractivity contribution is -0.115. The van der Waals surface area contributed by atoms with Gasteiger partial charge >= 0.3 is 0 Å². The minimum Gasteiger partial charge on any atom is -0.324 e. The van der Waals surface area contributed by atoms with E-state index in [1.807, 2.05) is 0 Å². The summed E-state index contributed by atoms with van der Waals surface area (Å²) in [5, 5.41) is 6.46. The van der Waals surface area contributed by atoms with Crippen LogP contribution in [-0.4, -0.2) is 19.0 Å². The highest BCUT2D eigenvalue weighted by Gasteiger charge is 2.05. The zero-order valence-corrected chi connectivity index (χ0v) is 11.4. The van der Waals surface area contributed by atoms with Crippen molar-refractivity contribution in [1.82, 2.24) is 5.32 Å². The average molecular weight is 306 g/mol. The normalized spacial score (nSPS) is 10.2. The molecule has 1 rings (SSSR count). The number of hydrogen-bond acceptors (Lipinski definition) is 2. The molecule has 5 heteroatoms. The zero-order chi connectivity index (χ0) is 12.0. The SMILES string of the molecule is CCCNCC(=O)Nc1ccc(Cl)cc1Br. The highest BCUT2D eigenvalue weighted by molar-refractivity contribution is 9.10. The van der Waals surface area contributed by atoms with Gasteiger partial charge in [-0.2, -0.15) is 0 Å². The molecule has 0 fully saturated rings. The molecular weight excluding hydrogens is 291 g/mol. The summed E-state index contributed by atoms with van der Waals surface area (Å²) in [6.45, 7) is 3.22. The average Bonchev–Trinajstić information content (AvgIpc) is 2.23. The molecule has 0 saturated carbocycles. The fourth-order valence-electron chi connectivity index (χ4n) is 1.16. The van der Waals surface area contributed by atoms with Crippen LogP contribution in [0.3, 0.4) is 0 Å². The van der Waals surface area contributed by atoms with Gasteiger partial charge in [-0.15, -0.1) is 0 Å². The van der Waals surface area contributed by atoms with Crippen molar-refractivity contribution in [1.29, 1.82) is 0 Å².